The highest BCUT2D eigenvalue weighted by Crippen LogP contribution is 2.46. The van der Waals surface area contributed by atoms with E-state index in [4.69, 9.17) is 4.74 Å². The highest BCUT2D eigenvalue weighted by molar-refractivity contribution is 8.04. The van der Waals surface area contributed by atoms with E-state index in [9.17, 15) is 14.4 Å². The summed E-state index contributed by atoms with van der Waals surface area (Å²) < 4.78 is 5.43. The van der Waals surface area contributed by atoms with Gasteiger partial charge in [0.25, 0.3) is 5.91 Å². The number of morpholine rings is 1. The Hall–Kier alpha value is -2.72. The molecule has 1 aromatic rings. The van der Waals surface area contributed by atoms with Crippen LogP contribution in [-0.4, -0.2) is 72.9 Å². The van der Waals surface area contributed by atoms with Gasteiger partial charge in [-0.2, -0.15) is 0 Å². The maximum absolute atomic E-state index is 13.7. The third kappa shape index (κ3) is 5.64. The van der Waals surface area contributed by atoms with Crippen molar-refractivity contribution in [3.8, 4) is 0 Å². The fraction of sp³-hybridized carbons (Fsp3) is 0.577. The van der Waals surface area contributed by atoms with Crippen LogP contribution in [0.15, 0.2) is 34.9 Å². The average Bonchev–Trinajstić information content (AvgIpc) is 3.25. The van der Waals surface area contributed by atoms with Crippen LogP contribution in [0.25, 0.3) is 0 Å². The summed E-state index contributed by atoms with van der Waals surface area (Å²) in [4.78, 5) is 43.0. The molecule has 1 aromatic carbocycles. The molecule has 3 heterocycles. The normalized spacial score (nSPS) is 22.4. The van der Waals surface area contributed by atoms with E-state index in [1.54, 1.807) is 18.7 Å². The van der Waals surface area contributed by atoms with Crippen LogP contribution in [0.5, 0.6) is 0 Å². The van der Waals surface area contributed by atoms with E-state index in [0.29, 0.717) is 49.0 Å². The third-order valence-corrected chi connectivity index (χ3v) is 8.69. The zero-order valence-electron chi connectivity index (χ0n) is 21.8. The van der Waals surface area contributed by atoms with Crippen LogP contribution in [0.1, 0.15) is 41.0 Å². The lowest BCUT2D eigenvalue weighted by Gasteiger charge is -2.41. The molecule has 1 unspecified atom stereocenters. The fourth-order valence-corrected chi connectivity index (χ4v) is 5.94. The number of rotatable bonds is 4. The van der Waals surface area contributed by atoms with Crippen molar-refractivity contribution in [3.05, 3.63) is 34.9 Å². The van der Waals surface area contributed by atoms with Gasteiger partial charge in [0.1, 0.15) is 5.54 Å². The summed E-state index contributed by atoms with van der Waals surface area (Å²) in [5.41, 5.74) is 1.23. The molecule has 9 nitrogen and oxygen atoms in total. The van der Waals surface area contributed by atoms with Crippen LogP contribution >= 0.6 is 11.8 Å². The first-order valence-corrected chi connectivity index (χ1v) is 13.4. The summed E-state index contributed by atoms with van der Waals surface area (Å²) in [5, 5.41) is 9.39. The van der Waals surface area contributed by atoms with Crippen LogP contribution in [0, 0.1) is 5.41 Å². The predicted octanol–water partition coefficient (Wildman–Crippen LogP) is 3.14. The third-order valence-electron chi connectivity index (χ3n) is 6.95. The number of urea groups is 1. The molecule has 0 aliphatic carbocycles. The second-order valence-corrected chi connectivity index (χ2v) is 12.2. The number of piperazine rings is 1. The summed E-state index contributed by atoms with van der Waals surface area (Å²) in [6, 6.07) is 7.33. The zero-order valence-corrected chi connectivity index (χ0v) is 22.6. The van der Waals surface area contributed by atoms with Gasteiger partial charge >= 0.3 is 6.03 Å². The standard InChI is InChI=1S/C26H37N5O4S/c1-25(2,3)20-16-19(22(32)31-10-9-27-23(33)26(31,4)5)21(36-20)29-24(34)28-17-7-6-8-18(15-17)30-11-13-35-14-12-30/h6-8,15,20H,9-14,16H2,1-5H3,(H,27,33)(H2,28,29,34). The summed E-state index contributed by atoms with van der Waals surface area (Å²) >= 11 is 1.52. The lowest BCUT2D eigenvalue weighted by atomic mass is 9.87. The highest BCUT2D eigenvalue weighted by Gasteiger charge is 2.45. The number of anilines is 2. The number of nitrogens with one attached hydrogen (secondary N) is 3. The van der Waals surface area contributed by atoms with Crippen LogP contribution in [0.2, 0.25) is 0 Å². The van der Waals surface area contributed by atoms with Crippen LogP contribution in [0.4, 0.5) is 16.2 Å². The lowest BCUT2D eigenvalue weighted by molar-refractivity contribution is -0.146. The maximum atomic E-state index is 13.7. The van der Waals surface area contributed by atoms with Gasteiger partial charge in [-0.3, -0.25) is 9.59 Å². The van der Waals surface area contributed by atoms with Gasteiger partial charge < -0.3 is 30.5 Å². The predicted molar refractivity (Wildman–Crippen MR) is 143 cm³/mol. The van der Waals surface area contributed by atoms with Gasteiger partial charge in [0.05, 0.1) is 18.2 Å². The second kappa shape index (κ2) is 10.3. The average molecular weight is 516 g/mol. The van der Waals surface area contributed by atoms with Crippen molar-refractivity contribution in [2.24, 2.45) is 5.41 Å². The number of benzene rings is 1. The lowest BCUT2D eigenvalue weighted by Crippen LogP contribution is -2.63. The monoisotopic (exact) mass is 515 g/mol. The first-order chi connectivity index (χ1) is 17.0. The molecule has 10 heteroatoms. The van der Waals surface area contributed by atoms with Crippen LogP contribution in [0.3, 0.4) is 0 Å². The summed E-state index contributed by atoms with van der Waals surface area (Å²) in [5.74, 6) is -0.369. The second-order valence-electron chi connectivity index (χ2n) is 11.0. The minimum Gasteiger partial charge on any atom is -0.378 e. The van der Waals surface area contributed by atoms with E-state index in [0.717, 1.165) is 18.8 Å². The number of hydrogen-bond acceptors (Lipinski definition) is 6. The van der Waals surface area contributed by atoms with E-state index >= 15 is 0 Å². The minimum atomic E-state index is -0.958. The van der Waals surface area contributed by atoms with Crippen molar-refractivity contribution in [2.45, 2.75) is 51.8 Å². The highest BCUT2D eigenvalue weighted by atomic mass is 32.2. The SMILES string of the molecule is CC(C)(C)C1CC(C(=O)N2CCNC(=O)C2(C)C)=C(NC(=O)Nc2cccc(N3CCOCC3)c2)S1. The zero-order chi connectivity index (χ0) is 26.1. The van der Waals surface area contributed by atoms with Crippen molar-refractivity contribution in [1.29, 1.82) is 0 Å². The first-order valence-electron chi connectivity index (χ1n) is 12.5. The number of hydrogen-bond donors (Lipinski definition) is 3. The number of carbonyl (C=O) groups is 3. The number of carbonyl (C=O) groups excluding carboxylic acids is 3. The molecule has 4 rings (SSSR count). The van der Waals surface area contributed by atoms with E-state index in [1.165, 1.54) is 11.8 Å². The Morgan fingerprint density at radius 3 is 2.56 bits per heavy atom. The Balaban J connectivity index is 1.52. The molecule has 3 aliphatic rings. The Kier molecular flexibility index (Phi) is 7.56. The minimum absolute atomic E-state index is 0.0720. The van der Waals surface area contributed by atoms with Gasteiger partial charge in [-0.05, 0) is 43.9 Å². The largest absolute Gasteiger partial charge is 0.378 e. The topological polar surface area (TPSA) is 103 Å². The Bertz CT molecular complexity index is 1060. The van der Waals surface area contributed by atoms with Crippen molar-refractivity contribution in [1.82, 2.24) is 15.5 Å². The summed E-state index contributed by atoms with van der Waals surface area (Å²) in [7, 11) is 0. The number of amides is 4. The summed E-state index contributed by atoms with van der Waals surface area (Å²) in [6.07, 6.45) is 0.531. The molecule has 3 N–H and O–H groups in total. The van der Waals surface area contributed by atoms with Gasteiger partial charge in [0, 0.05) is 48.4 Å². The smallest absolute Gasteiger partial charge is 0.324 e. The van der Waals surface area contributed by atoms with Crippen molar-refractivity contribution >= 4 is 41.0 Å². The Labute approximate surface area is 217 Å². The summed E-state index contributed by atoms with van der Waals surface area (Å²) in [6.45, 7) is 13.7. The quantitative estimate of drug-likeness (QED) is 0.569. The van der Waals surface area contributed by atoms with Gasteiger partial charge in [0.15, 0.2) is 0 Å². The van der Waals surface area contributed by atoms with Gasteiger partial charge in [0.2, 0.25) is 5.91 Å². The molecule has 2 saturated heterocycles. The molecule has 3 aliphatic heterocycles. The Morgan fingerprint density at radius 1 is 1.14 bits per heavy atom. The molecule has 0 bridgehead atoms. The molecule has 0 aromatic heterocycles. The molecule has 4 amide bonds. The Morgan fingerprint density at radius 2 is 1.86 bits per heavy atom. The van der Waals surface area contributed by atoms with E-state index in [-0.39, 0.29) is 22.5 Å². The molecule has 0 radical (unpaired) electrons. The number of nitrogens with zero attached hydrogens (tertiary/aromatic N) is 2. The van der Waals surface area contributed by atoms with Crippen molar-refractivity contribution in [2.75, 3.05) is 49.6 Å². The molecule has 196 valence electrons. The van der Waals surface area contributed by atoms with Crippen molar-refractivity contribution < 1.29 is 19.1 Å². The molecular weight excluding hydrogens is 478 g/mol. The van der Waals surface area contributed by atoms with E-state index in [2.05, 4.69) is 41.6 Å². The van der Waals surface area contributed by atoms with Crippen LogP contribution in [-0.2, 0) is 14.3 Å². The molecule has 2 fully saturated rings. The fourth-order valence-electron chi connectivity index (χ4n) is 4.59. The van der Waals surface area contributed by atoms with Gasteiger partial charge in [-0.25, -0.2) is 4.79 Å². The van der Waals surface area contributed by atoms with E-state index < -0.39 is 11.6 Å². The molecule has 0 spiro atoms. The molecular formula is C26H37N5O4S. The molecule has 1 atom stereocenters. The first kappa shape index (κ1) is 26.3. The van der Waals surface area contributed by atoms with Crippen molar-refractivity contribution in [3.63, 3.8) is 0 Å². The van der Waals surface area contributed by atoms with Gasteiger partial charge in [-0.1, -0.05) is 26.8 Å². The van der Waals surface area contributed by atoms with E-state index in [1.807, 2.05) is 24.3 Å². The maximum Gasteiger partial charge on any atom is 0.324 e. The molecule has 36 heavy (non-hydrogen) atoms. The van der Waals surface area contributed by atoms with Crippen LogP contribution < -0.4 is 20.9 Å². The number of ether oxygens (including phenoxy) is 1. The van der Waals surface area contributed by atoms with Gasteiger partial charge in [-0.15, -0.1) is 11.8 Å². The number of thioether (sulfide) groups is 1. The molecule has 0 saturated carbocycles.